The van der Waals surface area contributed by atoms with Gasteiger partial charge in [-0.3, -0.25) is 14.9 Å². The van der Waals surface area contributed by atoms with E-state index in [1.165, 1.54) is 18.2 Å². The Labute approximate surface area is 152 Å². The molecule has 0 spiro atoms. The van der Waals surface area contributed by atoms with Crippen molar-refractivity contribution in [2.24, 2.45) is 0 Å². The van der Waals surface area contributed by atoms with Crippen LogP contribution < -0.4 is 0 Å². The summed E-state index contributed by atoms with van der Waals surface area (Å²) in [6.45, 7) is -0.229. The molecule has 0 radical (unpaired) electrons. The van der Waals surface area contributed by atoms with Crippen LogP contribution in [-0.4, -0.2) is 21.0 Å². The first-order valence-electron chi connectivity index (χ1n) is 7.49. The first kappa shape index (κ1) is 17.6. The third-order valence-corrected chi connectivity index (χ3v) is 3.67. The SMILES string of the molecule is O=C(Cc1ccccc1[N+](=O)[O-])OCc1nc(-c2cccc(Cl)c2)no1. The molecule has 1 heterocycles. The molecule has 0 aliphatic carbocycles. The molecule has 0 aliphatic rings. The standard InChI is InChI=1S/C17H12ClN3O5/c18-13-6-3-5-12(8-13)17-19-15(26-20-17)10-25-16(22)9-11-4-1-2-7-14(11)21(23)24/h1-8H,9-10H2. The molecule has 3 rings (SSSR count). The highest BCUT2D eigenvalue weighted by molar-refractivity contribution is 6.30. The summed E-state index contributed by atoms with van der Waals surface area (Å²) in [6.07, 6.45) is -0.230. The van der Waals surface area contributed by atoms with E-state index in [2.05, 4.69) is 10.1 Å². The Bertz CT molecular complexity index is 957. The number of esters is 1. The number of nitro benzene ring substituents is 1. The van der Waals surface area contributed by atoms with Crippen LogP contribution in [0.2, 0.25) is 5.02 Å². The van der Waals surface area contributed by atoms with Crippen LogP contribution >= 0.6 is 11.6 Å². The van der Waals surface area contributed by atoms with Crippen LogP contribution in [0.4, 0.5) is 5.69 Å². The Morgan fingerprint density at radius 1 is 1.23 bits per heavy atom. The van der Waals surface area contributed by atoms with Gasteiger partial charge in [-0.2, -0.15) is 4.98 Å². The average Bonchev–Trinajstić information content (AvgIpc) is 3.09. The molecule has 1 aromatic heterocycles. The predicted octanol–water partition coefficient (Wildman–Crippen LogP) is 3.58. The Hall–Kier alpha value is -3.26. The number of halogens is 1. The number of hydrogen-bond donors (Lipinski definition) is 0. The molecule has 9 heteroatoms. The van der Waals surface area contributed by atoms with Crippen molar-refractivity contribution in [3.05, 3.63) is 75.1 Å². The second-order valence-corrected chi connectivity index (χ2v) is 5.68. The molecule has 0 fully saturated rings. The minimum absolute atomic E-state index is 0.107. The number of para-hydroxylation sites is 1. The van der Waals surface area contributed by atoms with Crippen LogP contribution in [0.15, 0.2) is 53.1 Å². The zero-order valence-electron chi connectivity index (χ0n) is 13.3. The third-order valence-electron chi connectivity index (χ3n) is 3.43. The number of ether oxygens (including phenoxy) is 1. The van der Waals surface area contributed by atoms with Crippen LogP contribution in [0, 0.1) is 10.1 Å². The second-order valence-electron chi connectivity index (χ2n) is 5.25. The second kappa shape index (κ2) is 7.75. The van der Waals surface area contributed by atoms with Crippen LogP contribution in [0.3, 0.4) is 0 Å². The molecule has 0 aliphatic heterocycles. The molecule has 3 aromatic rings. The summed E-state index contributed by atoms with van der Waals surface area (Å²) in [7, 11) is 0. The van der Waals surface area contributed by atoms with E-state index in [9.17, 15) is 14.9 Å². The third kappa shape index (κ3) is 4.22. The number of carbonyl (C=O) groups is 1. The van der Waals surface area contributed by atoms with Gasteiger partial charge in [0.25, 0.3) is 11.6 Å². The normalized spacial score (nSPS) is 10.5. The number of hydrogen-bond acceptors (Lipinski definition) is 7. The number of carbonyl (C=O) groups excluding carboxylic acids is 1. The van der Waals surface area contributed by atoms with Gasteiger partial charge in [-0.15, -0.1) is 0 Å². The van der Waals surface area contributed by atoms with Gasteiger partial charge in [-0.1, -0.05) is 47.1 Å². The number of benzene rings is 2. The molecule has 0 saturated carbocycles. The molecule has 8 nitrogen and oxygen atoms in total. The minimum atomic E-state index is -0.637. The summed E-state index contributed by atoms with van der Waals surface area (Å²) >= 11 is 5.91. The molecular formula is C17H12ClN3O5. The van der Waals surface area contributed by atoms with E-state index in [-0.39, 0.29) is 30.2 Å². The van der Waals surface area contributed by atoms with Crippen molar-refractivity contribution in [3.8, 4) is 11.4 Å². The summed E-state index contributed by atoms with van der Waals surface area (Å²) in [6, 6.07) is 12.9. The average molecular weight is 374 g/mol. The highest BCUT2D eigenvalue weighted by atomic mass is 35.5. The summed E-state index contributed by atoms with van der Waals surface area (Å²) in [5.74, 6) is -0.213. The minimum Gasteiger partial charge on any atom is -0.455 e. The maximum Gasteiger partial charge on any atom is 0.311 e. The lowest BCUT2D eigenvalue weighted by Gasteiger charge is -2.03. The van der Waals surface area contributed by atoms with Crippen LogP contribution in [-0.2, 0) is 22.6 Å². The summed E-state index contributed by atoms with van der Waals surface area (Å²) < 4.78 is 10.1. The van der Waals surface area contributed by atoms with Gasteiger partial charge in [-0.25, -0.2) is 0 Å². The summed E-state index contributed by atoms with van der Waals surface area (Å²) in [4.78, 5) is 26.5. The van der Waals surface area contributed by atoms with E-state index < -0.39 is 10.9 Å². The van der Waals surface area contributed by atoms with E-state index in [1.54, 1.807) is 30.3 Å². The lowest BCUT2D eigenvalue weighted by molar-refractivity contribution is -0.385. The molecule has 0 saturated heterocycles. The molecule has 2 aromatic carbocycles. The van der Waals surface area contributed by atoms with Crippen molar-refractivity contribution in [2.75, 3.05) is 0 Å². The van der Waals surface area contributed by atoms with Crippen LogP contribution in [0.5, 0.6) is 0 Å². The van der Waals surface area contributed by atoms with Gasteiger partial charge < -0.3 is 9.26 Å². The first-order valence-corrected chi connectivity index (χ1v) is 7.87. The number of rotatable bonds is 6. The zero-order chi connectivity index (χ0) is 18.5. The number of nitrogens with zero attached hydrogens (tertiary/aromatic N) is 3. The van der Waals surface area contributed by atoms with Crippen molar-refractivity contribution < 1.29 is 19.0 Å². The lowest BCUT2D eigenvalue weighted by atomic mass is 10.1. The van der Waals surface area contributed by atoms with Crippen LogP contribution in [0.25, 0.3) is 11.4 Å². The monoisotopic (exact) mass is 373 g/mol. The molecule has 0 atom stereocenters. The molecule has 0 N–H and O–H groups in total. The van der Waals surface area contributed by atoms with E-state index >= 15 is 0 Å². The lowest BCUT2D eigenvalue weighted by Crippen LogP contribution is -2.09. The van der Waals surface area contributed by atoms with Gasteiger partial charge in [-0.05, 0) is 12.1 Å². The fourth-order valence-electron chi connectivity index (χ4n) is 2.25. The van der Waals surface area contributed by atoms with E-state index in [4.69, 9.17) is 20.9 Å². The quantitative estimate of drug-likeness (QED) is 0.369. The van der Waals surface area contributed by atoms with Gasteiger partial charge in [0.2, 0.25) is 5.82 Å². The van der Waals surface area contributed by atoms with Crippen molar-refractivity contribution in [1.29, 1.82) is 0 Å². The Morgan fingerprint density at radius 3 is 2.81 bits per heavy atom. The van der Waals surface area contributed by atoms with E-state index in [1.807, 2.05) is 0 Å². The van der Waals surface area contributed by atoms with Crippen molar-refractivity contribution in [2.45, 2.75) is 13.0 Å². The van der Waals surface area contributed by atoms with Gasteiger partial charge >= 0.3 is 5.97 Å². The summed E-state index contributed by atoms with van der Waals surface area (Å²) in [5, 5.41) is 15.3. The smallest absolute Gasteiger partial charge is 0.311 e. The predicted molar refractivity (Wildman–Crippen MR) is 91.3 cm³/mol. The Morgan fingerprint density at radius 2 is 2.04 bits per heavy atom. The highest BCUT2D eigenvalue weighted by Gasteiger charge is 2.17. The topological polar surface area (TPSA) is 108 Å². The highest BCUT2D eigenvalue weighted by Crippen LogP contribution is 2.21. The molecule has 0 bridgehead atoms. The molecule has 0 unspecified atom stereocenters. The number of aromatic nitrogens is 2. The van der Waals surface area contributed by atoms with Crippen molar-refractivity contribution >= 4 is 23.3 Å². The Balaban J connectivity index is 1.61. The van der Waals surface area contributed by atoms with Gasteiger partial charge in [0.15, 0.2) is 6.61 Å². The van der Waals surface area contributed by atoms with E-state index in [0.29, 0.717) is 16.4 Å². The fraction of sp³-hybridized carbons (Fsp3) is 0.118. The zero-order valence-corrected chi connectivity index (χ0v) is 14.0. The first-order chi connectivity index (χ1) is 12.5. The molecule has 0 amide bonds. The van der Waals surface area contributed by atoms with Crippen molar-refractivity contribution in [3.63, 3.8) is 0 Å². The maximum absolute atomic E-state index is 11.9. The molecule has 132 valence electrons. The van der Waals surface area contributed by atoms with Gasteiger partial charge in [0, 0.05) is 22.2 Å². The maximum atomic E-state index is 11.9. The number of nitro groups is 1. The van der Waals surface area contributed by atoms with Crippen molar-refractivity contribution in [1.82, 2.24) is 10.1 Å². The largest absolute Gasteiger partial charge is 0.455 e. The molecule has 26 heavy (non-hydrogen) atoms. The fourth-order valence-corrected chi connectivity index (χ4v) is 2.44. The van der Waals surface area contributed by atoms with Gasteiger partial charge in [0.05, 0.1) is 11.3 Å². The summed E-state index contributed by atoms with van der Waals surface area (Å²) in [5.41, 5.74) is 0.803. The molecular weight excluding hydrogens is 362 g/mol. The van der Waals surface area contributed by atoms with Gasteiger partial charge in [0.1, 0.15) is 0 Å². The van der Waals surface area contributed by atoms with Crippen LogP contribution in [0.1, 0.15) is 11.5 Å². The van der Waals surface area contributed by atoms with E-state index in [0.717, 1.165) is 0 Å². The Kier molecular flexibility index (Phi) is 5.23.